The van der Waals surface area contributed by atoms with Crippen LogP contribution in [0.25, 0.3) is 0 Å². The van der Waals surface area contributed by atoms with E-state index in [2.05, 4.69) is 45.0 Å². The largest absolute Gasteiger partial charge is 0.484 e. The Kier molecular flexibility index (Phi) is 4.23. The minimum Gasteiger partial charge on any atom is -0.484 e. The topological polar surface area (TPSA) is 35.2 Å². The molecule has 0 radical (unpaired) electrons. The lowest BCUT2D eigenvalue weighted by Gasteiger charge is -2.19. The van der Waals surface area contributed by atoms with E-state index in [9.17, 15) is 0 Å². The third-order valence-electron chi connectivity index (χ3n) is 3.10. The van der Waals surface area contributed by atoms with Crippen LogP contribution in [0.15, 0.2) is 42.5 Å². The molecule has 0 amide bonds. The van der Waals surface area contributed by atoms with Gasteiger partial charge < -0.3 is 10.5 Å². The van der Waals surface area contributed by atoms with Crippen molar-refractivity contribution >= 4 is 0 Å². The molecule has 2 heteroatoms. The Labute approximate surface area is 115 Å². The average molecular weight is 255 g/mol. The fourth-order valence-corrected chi connectivity index (χ4v) is 2.29. The lowest BCUT2D eigenvalue weighted by molar-refractivity contribution is 0.214. The van der Waals surface area contributed by atoms with Crippen molar-refractivity contribution in [3.8, 4) is 5.75 Å². The van der Waals surface area contributed by atoms with Gasteiger partial charge in [-0.1, -0.05) is 35.9 Å². The number of nitrogens with two attached hydrogens (primary N) is 1. The highest BCUT2D eigenvalue weighted by Crippen LogP contribution is 2.24. The summed E-state index contributed by atoms with van der Waals surface area (Å²) in [6.07, 6.45) is -0.0962. The fourth-order valence-electron chi connectivity index (χ4n) is 2.29. The summed E-state index contributed by atoms with van der Waals surface area (Å²) in [5.41, 5.74) is 10.6. The molecular weight excluding hydrogens is 234 g/mol. The van der Waals surface area contributed by atoms with Crippen molar-refractivity contribution in [2.45, 2.75) is 26.9 Å². The Morgan fingerprint density at radius 3 is 2.21 bits per heavy atom. The van der Waals surface area contributed by atoms with Gasteiger partial charge in [-0.05, 0) is 49.6 Å². The number of ether oxygens (including phenoxy) is 1. The molecule has 19 heavy (non-hydrogen) atoms. The first-order valence-electron chi connectivity index (χ1n) is 6.60. The summed E-state index contributed by atoms with van der Waals surface area (Å²) in [5.74, 6) is 0.884. The molecule has 2 nitrogen and oxygen atoms in total. The highest BCUT2D eigenvalue weighted by molar-refractivity contribution is 5.34. The minimum absolute atomic E-state index is 0.0962. The molecule has 1 atom stereocenters. The van der Waals surface area contributed by atoms with E-state index in [1.165, 1.54) is 16.7 Å². The van der Waals surface area contributed by atoms with Crippen LogP contribution < -0.4 is 10.5 Å². The molecule has 0 aliphatic carbocycles. The van der Waals surface area contributed by atoms with Gasteiger partial charge in [-0.15, -0.1) is 0 Å². The Bertz CT molecular complexity index is 543. The van der Waals surface area contributed by atoms with E-state index in [0.29, 0.717) is 6.54 Å². The van der Waals surface area contributed by atoms with Crippen LogP contribution in [-0.2, 0) is 0 Å². The molecule has 100 valence electrons. The van der Waals surface area contributed by atoms with Crippen LogP contribution >= 0.6 is 0 Å². The highest BCUT2D eigenvalue weighted by Gasteiger charge is 2.12. The third kappa shape index (κ3) is 3.58. The van der Waals surface area contributed by atoms with Gasteiger partial charge in [0.15, 0.2) is 0 Å². The molecule has 0 saturated carbocycles. The summed E-state index contributed by atoms with van der Waals surface area (Å²) in [6, 6.07) is 14.5. The maximum atomic E-state index is 6.04. The number of hydrogen-bond donors (Lipinski definition) is 1. The van der Waals surface area contributed by atoms with Gasteiger partial charge in [0.2, 0.25) is 0 Å². The maximum Gasteiger partial charge on any atom is 0.136 e. The highest BCUT2D eigenvalue weighted by atomic mass is 16.5. The minimum atomic E-state index is -0.0962. The summed E-state index contributed by atoms with van der Waals surface area (Å²) >= 11 is 0. The molecule has 0 aliphatic rings. The summed E-state index contributed by atoms with van der Waals surface area (Å²) in [4.78, 5) is 0. The lowest BCUT2D eigenvalue weighted by Crippen LogP contribution is -2.18. The van der Waals surface area contributed by atoms with Gasteiger partial charge in [-0.25, -0.2) is 0 Å². The second kappa shape index (κ2) is 5.89. The predicted octanol–water partition coefficient (Wildman–Crippen LogP) is 3.69. The van der Waals surface area contributed by atoms with Crippen molar-refractivity contribution in [1.82, 2.24) is 0 Å². The van der Waals surface area contributed by atoms with Gasteiger partial charge in [0.1, 0.15) is 11.9 Å². The summed E-state index contributed by atoms with van der Waals surface area (Å²) in [5, 5.41) is 0. The molecule has 1 unspecified atom stereocenters. The summed E-state index contributed by atoms with van der Waals surface area (Å²) < 4.78 is 6.04. The summed E-state index contributed by atoms with van der Waals surface area (Å²) in [6.45, 7) is 6.69. The van der Waals surface area contributed by atoms with Crippen molar-refractivity contribution in [3.05, 3.63) is 64.7 Å². The normalized spacial score (nSPS) is 12.2. The molecule has 0 aromatic heterocycles. The van der Waals surface area contributed by atoms with Gasteiger partial charge in [-0.2, -0.15) is 0 Å². The van der Waals surface area contributed by atoms with Gasteiger partial charge in [-0.3, -0.25) is 0 Å². The van der Waals surface area contributed by atoms with Crippen LogP contribution in [-0.4, -0.2) is 6.54 Å². The Morgan fingerprint density at radius 2 is 1.63 bits per heavy atom. The Morgan fingerprint density at radius 1 is 0.947 bits per heavy atom. The van der Waals surface area contributed by atoms with Crippen LogP contribution in [0.4, 0.5) is 0 Å². The Hall–Kier alpha value is -1.80. The molecule has 0 fully saturated rings. The molecule has 2 aromatic carbocycles. The second-order valence-corrected chi connectivity index (χ2v) is 5.08. The molecule has 0 spiro atoms. The molecule has 2 N–H and O–H groups in total. The number of rotatable bonds is 4. The Balaban J connectivity index is 2.23. The standard InChI is InChI=1S/C17H21NO/c1-12-5-4-6-15(8-12)17(11-18)19-16-9-13(2)7-14(3)10-16/h4-10,17H,11,18H2,1-3H3. The predicted molar refractivity (Wildman–Crippen MR) is 79.5 cm³/mol. The molecule has 2 aromatic rings. The third-order valence-corrected chi connectivity index (χ3v) is 3.10. The fraction of sp³-hybridized carbons (Fsp3) is 0.294. The van der Waals surface area contributed by atoms with Crippen LogP contribution in [0.3, 0.4) is 0 Å². The van der Waals surface area contributed by atoms with Crippen molar-refractivity contribution in [1.29, 1.82) is 0 Å². The van der Waals surface area contributed by atoms with Crippen LogP contribution in [0.5, 0.6) is 5.75 Å². The maximum absolute atomic E-state index is 6.04. The molecule has 0 heterocycles. The summed E-state index contributed by atoms with van der Waals surface area (Å²) in [7, 11) is 0. The zero-order valence-electron chi connectivity index (χ0n) is 11.8. The van der Waals surface area contributed by atoms with Crippen molar-refractivity contribution in [2.24, 2.45) is 5.73 Å². The van der Waals surface area contributed by atoms with E-state index >= 15 is 0 Å². The van der Waals surface area contributed by atoms with Crippen molar-refractivity contribution in [3.63, 3.8) is 0 Å². The first-order chi connectivity index (χ1) is 9.08. The lowest BCUT2D eigenvalue weighted by atomic mass is 10.1. The molecule has 0 bridgehead atoms. The zero-order chi connectivity index (χ0) is 13.8. The van der Waals surface area contributed by atoms with E-state index in [1.54, 1.807) is 0 Å². The first-order valence-corrected chi connectivity index (χ1v) is 6.60. The van der Waals surface area contributed by atoms with Crippen molar-refractivity contribution < 1.29 is 4.74 Å². The van der Waals surface area contributed by atoms with Crippen LogP contribution in [0.1, 0.15) is 28.4 Å². The zero-order valence-corrected chi connectivity index (χ0v) is 11.8. The van der Waals surface area contributed by atoms with Crippen LogP contribution in [0.2, 0.25) is 0 Å². The number of benzene rings is 2. The van der Waals surface area contributed by atoms with Gasteiger partial charge in [0, 0.05) is 6.54 Å². The first kappa shape index (κ1) is 13.6. The van der Waals surface area contributed by atoms with E-state index in [-0.39, 0.29) is 6.10 Å². The molecule has 2 rings (SSSR count). The average Bonchev–Trinajstić information content (AvgIpc) is 2.34. The SMILES string of the molecule is Cc1cc(C)cc(OC(CN)c2cccc(C)c2)c1. The molecule has 0 aliphatic heterocycles. The van der Waals surface area contributed by atoms with E-state index in [1.807, 2.05) is 18.2 Å². The van der Waals surface area contributed by atoms with Gasteiger partial charge in [0.25, 0.3) is 0 Å². The van der Waals surface area contributed by atoms with Gasteiger partial charge in [0.05, 0.1) is 0 Å². The van der Waals surface area contributed by atoms with Crippen molar-refractivity contribution in [2.75, 3.05) is 6.54 Å². The van der Waals surface area contributed by atoms with E-state index in [0.717, 1.165) is 11.3 Å². The van der Waals surface area contributed by atoms with E-state index < -0.39 is 0 Å². The number of aryl methyl sites for hydroxylation is 3. The monoisotopic (exact) mass is 255 g/mol. The number of hydrogen-bond acceptors (Lipinski definition) is 2. The molecular formula is C17H21NO. The van der Waals surface area contributed by atoms with Gasteiger partial charge >= 0.3 is 0 Å². The molecule has 0 saturated heterocycles. The van der Waals surface area contributed by atoms with E-state index in [4.69, 9.17) is 10.5 Å². The second-order valence-electron chi connectivity index (χ2n) is 5.08. The smallest absolute Gasteiger partial charge is 0.136 e. The van der Waals surface area contributed by atoms with Crippen LogP contribution in [0, 0.1) is 20.8 Å². The quantitative estimate of drug-likeness (QED) is 0.904.